The first-order chi connectivity index (χ1) is 9.79. The van der Waals surface area contributed by atoms with Crippen LogP contribution in [0.3, 0.4) is 0 Å². The number of rotatable bonds is 4. The van der Waals surface area contributed by atoms with Crippen molar-refractivity contribution < 1.29 is 22.7 Å². The highest BCUT2D eigenvalue weighted by Crippen LogP contribution is 2.20. The van der Waals surface area contributed by atoms with Gasteiger partial charge >= 0.3 is 5.97 Å². The van der Waals surface area contributed by atoms with E-state index in [4.69, 9.17) is 5.11 Å². The van der Waals surface area contributed by atoms with E-state index in [1.54, 1.807) is 6.92 Å². The highest BCUT2D eigenvalue weighted by atomic mass is 32.2. The van der Waals surface area contributed by atoms with E-state index >= 15 is 0 Å². The third kappa shape index (κ3) is 3.43. The van der Waals surface area contributed by atoms with Gasteiger partial charge in [0.05, 0.1) is 22.4 Å². The van der Waals surface area contributed by atoms with Gasteiger partial charge < -0.3 is 5.11 Å². The first-order valence-electron chi connectivity index (χ1n) is 5.96. The van der Waals surface area contributed by atoms with E-state index in [1.165, 1.54) is 18.3 Å². The van der Waals surface area contributed by atoms with Crippen LogP contribution in [0.5, 0.6) is 0 Å². The Hall–Kier alpha value is -2.28. The molecule has 5 nitrogen and oxygen atoms in total. The maximum absolute atomic E-state index is 13.0. The maximum Gasteiger partial charge on any atom is 0.335 e. The Bertz CT molecular complexity index is 802. The van der Waals surface area contributed by atoms with Crippen molar-refractivity contribution >= 4 is 15.8 Å². The van der Waals surface area contributed by atoms with Gasteiger partial charge in [-0.1, -0.05) is 6.07 Å². The van der Waals surface area contributed by atoms with Gasteiger partial charge in [0, 0.05) is 6.20 Å². The quantitative estimate of drug-likeness (QED) is 0.936. The van der Waals surface area contributed by atoms with Gasteiger partial charge in [0.15, 0.2) is 9.84 Å². The van der Waals surface area contributed by atoms with Crippen molar-refractivity contribution in [3.8, 4) is 0 Å². The van der Waals surface area contributed by atoms with E-state index in [0.717, 1.165) is 18.3 Å². The molecule has 0 saturated carbocycles. The lowest BCUT2D eigenvalue weighted by Crippen LogP contribution is -2.08. The van der Waals surface area contributed by atoms with E-state index in [-0.39, 0.29) is 16.0 Å². The number of carbonyl (C=O) groups is 1. The van der Waals surface area contributed by atoms with Crippen molar-refractivity contribution in [2.24, 2.45) is 0 Å². The molecular weight excluding hydrogens is 297 g/mol. The summed E-state index contributed by atoms with van der Waals surface area (Å²) in [6.45, 7) is 1.58. The van der Waals surface area contributed by atoms with Crippen LogP contribution in [0.2, 0.25) is 0 Å². The fourth-order valence-electron chi connectivity index (χ4n) is 1.86. The number of benzene rings is 1. The summed E-state index contributed by atoms with van der Waals surface area (Å²) < 4.78 is 37.5. The first kappa shape index (κ1) is 15.1. The van der Waals surface area contributed by atoms with Crippen molar-refractivity contribution in [2.75, 3.05) is 0 Å². The van der Waals surface area contributed by atoms with Crippen molar-refractivity contribution in [3.63, 3.8) is 0 Å². The number of hydrogen-bond donors (Lipinski definition) is 1. The summed E-state index contributed by atoms with van der Waals surface area (Å²) in [4.78, 5) is 14.5. The molecule has 0 unspecified atom stereocenters. The topological polar surface area (TPSA) is 84.3 Å². The van der Waals surface area contributed by atoms with Crippen LogP contribution in [0.25, 0.3) is 0 Å². The number of nitrogens with zero attached hydrogens (tertiary/aromatic N) is 1. The third-order valence-electron chi connectivity index (χ3n) is 2.92. The molecule has 2 aromatic rings. The minimum Gasteiger partial charge on any atom is -0.478 e. The second-order valence-corrected chi connectivity index (χ2v) is 6.54. The van der Waals surface area contributed by atoms with E-state index in [9.17, 15) is 17.6 Å². The number of halogens is 1. The lowest BCUT2D eigenvalue weighted by Gasteiger charge is -2.07. The molecule has 110 valence electrons. The molecular formula is C14H12FNO4S. The largest absolute Gasteiger partial charge is 0.478 e. The predicted molar refractivity (Wildman–Crippen MR) is 73.2 cm³/mol. The van der Waals surface area contributed by atoms with Crippen LogP contribution in [0.15, 0.2) is 41.6 Å². The van der Waals surface area contributed by atoms with Crippen LogP contribution in [-0.4, -0.2) is 24.5 Å². The average molecular weight is 309 g/mol. The van der Waals surface area contributed by atoms with Gasteiger partial charge in [-0.3, -0.25) is 4.98 Å². The molecule has 7 heteroatoms. The van der Waals surface area contributed by atoms with E-state index in [2.05, 4.69) is 4.98 Å². The fourth-order valence-corrected chi connectivity index (χ4v) is 3.20. The molecule has 0 fully saturated rings. The molecule has 2 rings (SSSR count). The summed E-state index contributed by atoms with van der Waals surface area (Å²) in [7, 11) is -3.77. The number of aryl methyl sites for hydroxylation is 1. The minimum atomic E-state index is -3.77. The van der Waals surface area contributed by atoms with Crippen LogP contribution >= 0.6 is 0 Å². The Morgan fingerprint density at radius 2 is 2.00 bits per heavy atom. The van der Waals surface area contributed by atoms with Gasteiger partial charge in [0.25, 0.3) is 0 Å². The number of pyridine rings is 1. The summed E-state index contributed by atoms with van der Waals surface area (Å²) >= 11 is 0. The Morgan fingerprint density at radius 3 is 2.62 bits per heavy atom. The Kier molecular flexibility index (Phi) is 4.04. The molecule has 0 radical (unpaired) electrons. The number of carboxylic acids is 1. The van der Waals surface area contributed by atoms with Crippen LogP contribution in [0, 0.1) is 12.7 Å². The lowest BCUT2D eigenvalue weighted by molar-refractivity contribution is 0.0696. The first-order valence-corrected chi connectivity index (χ1v) is 7.61. The Balaban J connectivity index is 2.40. The SMILES string of the molecule is Cc1ccc(S(=O)(=O)Cc2cncc(F)c2)cc1C(=O)O. The molecule has 0 aliphatic rings. The van der Waals surface area contributed by atoms with Crippen molar-refractivity contribution in [2.45, 2.75) is 17.6 Å². The number of carboxylic acid groups (broad SMARTS) is 1. The zero-order chi connectivity index (χ0) is 15.6. The van der Waals surface area contributed by atoms with Gasteiger partial charge in [0.2, 0.25) is 0 Å². The van der Waals surface area contributed by atoms with Crippen LogP contribution in [0.4, 0.5) is 4.39 Å². The predicted octanol–water partition coefficient (Wildman–Crippen LogP) is 2.20. The van der Waals surface area contributed by atoms with Crippen LogP contribution in [-0.2, 0) is 15.6 Å². The summed E-state index contributed by atoms with van der Waals surface area (Å²) in [6, 6.07) is 4.96. The van der Waals surface area contributed by atoms with Crippen LogP contribution in [0.1, 0.15) is 21.5 Å². The summed E-state index contributed by atoms with van der Waals surface area (Å²) in [5, 5.41) is 9.03. The average Bonchev–Trinajstić information content (AvgIpc) is 2.38. The molecule has 21 heavy (non-hydrogen) atoms. The highest BCUT2D eigenvalue weighted by molar-refractivity contribution is 7.90. The van der Waals surface area contributed by atoms with Gasteiger partial charge in [-0.15, -0.1) is 0 Å². The molecule has 0 spiro atoms. The third-order valence-corrected chi connectivity index (χ3v) is 4.60. The minimum absolute atomic E-state index is 0.0755. The fraction of sp³-hybridized carbons (Fsp3) is 0.143. The second-order valence-electron chi connectivity index (χ2n) is 4.55. The molecule has 0 atom stereocenters. The molecule has 0 amide bonds. The summed E-state index contributed by atoms with van der Waals surface area (Å²) in [5.41, 5.74) is 0.592. The zero-order valence-corrected chi connectivity index (χ0v) is 11.9. The highest BCUT2D eigenvalue weighted by Gasteiger charge is 2.19. The second kappa shape index (κ2) is 5.61. The number of aromatic nitrogens is 1. The van der Waals surface area contributed by atoms with Crippen molar-refractivity contribution in [1.29, 1.82) is 0 Å². The van der Waals surface area contributed by atoms with Gasteiger partial charge in [-0.05, 0) is 36.2 Å². The lowest BCUT2D eigenvalue weighted by atomic mass is 10.1. The molecule has 0 saturated heterocycles. The Labute approximate surface area is 121 Å². The molecule has 1 N–H and O–H groups in total. The van der Waals surface area contributed by atoms with Gasteiger partial charge in [0.1, 0.15) is 5.82 Å². The standard InChI is InChI=1S/C14H12FNO4S/c1-9-2-3-12(5-13(9)14(17)18)21(19,20)8-10-4-11(15)7-16-6-10/h2-7H,8H2,1H3,(H,17,18). The maximum atomic E-state index is 13.0. The zero-order valence-electron chi connectivity index (χ0n) is 11.1. The molecule has 1 aromatic carbocycles. The Morgan fingerprint density at radius 1 is 1.29 bits per heavy atom. The summed E-state index contributed by atoms with van der Waals surface area (Å²) in [6.07, 6.45) is 2.23. The molecule has 0 bridgehead atoms. The number of sulfone groups is 1. The van der Waals surface area contributed by atoms with E-state index in [0.29, 0.717) is 5.56 Å². The molecule has 1 aromatic heterocycles. The molecule has 0 aliphatic heterocycles. The summed E-state index contributed by atoms with van der Waals surface area (Å²) in [5.74, 6) is -2.27. The molecule has 0 aliphatic carbocycles. The number of aromatic carboxylic acids is 1. The van der Waals surface area contributed by atoms with Gasteiger partial charge in [-0.2, -0.15) is 0 Å². The monoisotopic (exact) mass is 309 g/mol. The van der Waals surface area contributed by atoms with Crippen molar-refractivity contribution in [1.82, 2.24) is 4.98 Å². The van der Waals surface area contributed by atoms with E-state index in [1.807, 2.05) is 0 Å². The smallest absolute Gasteiger partial charge is 0.335 e. The van der Waals surface area contributed by atoms with Crippen LogP contribution < -0.4 is 0 Å². The normalized spacial score (nSPS) is 11.3. The van der Waals surface area contributed by atoms with E-state index < -0.39 is 27.4 Å². The molecule has 1 heterocycles. The van der Waals surface area contributed by atoms with Crippen molar-refractivity contribution in [3.05, 3.63) is 59.2 Å². The van der Waals surface area contributed by atoms with Gasteiger partial charge in [-0.25, -0.2) is 17.6 Å². The number of hydrogen-bond acceptors (Lipinski definition) is 4.